The van der Waals surface area contributed by atoms with E-state index in [2.05, 4.69) is 9.88 Å². The van der Waals surface area contributed by atoms with Crippen LogP contribution in [0.3, 0.4) is 0 Å². The van der Waals surface area contributed by atoms with Crippen molar-refractivity contribution in [1.82, 2.24) is 4.57 Å². The van der Waals surface area contributed by atoms with Crippen molar-refractivity contribution in [2.24, 2.45) is 0 Å². The first kappa shape index (κ1) is 20.2. The molecule has 29 heavy (non-hydrogen) atoms. The zero-order valence-corrected chi connectivity index (χ0v) is 17.1. The molecule has 1 N–H and O–H groups in total. The summed E-state index contributed by atoms with van der Waals surface area (Å²) in [4.78, 5) is 12.6. The first-order valence-corrected chi connectivity index (χ1v) is 9.33. The summed E-state index contributed by atoms with van der Waals surface area (Å²) in [6.45, 7) is 3.92. The molecule has 146 valence electrons. The molecule has 0 saturated heterocycles. The molecule has 0 bridgehead atoms. The third-order valence-electron chi connectivity index (χ3n) is 4.57. The molecule has 1 amide bonds. The number of carbonyl (C=O) groups is 1. The van der Waals surface area contributed by atoms with Gasteiger partial charge >= 0.3 is 0 Å². The van der Waals surface area contributed by atoms with Gasteiger partial charge in [-0.15, -0.1) is 0 Å². The molecule has 0 aliphatic carbocycles. The van der Waals surface area contributed by atoms with E-state index in [1.165, 1.54) is 0 Å². The van der Waals surface area contributed by atoms with Gasteiger partial charge in [0.2, 0.25) is 0 Å². The topological polar surface area (TPSA) is 67.0 Å². The molecule has 0 aliphatic heterocycles. The minimum absolute atomic E-state index is 0.0252. The Labute approximate surface area is 174 Å². The van der Waals surface area contributed by atoms with E-state index in [4.69, 9.17) is 16.3 Å². The van der Waals surface area contributed by atoms with Crippen LogP contribution in [-0.2, 0) is 4.79 Å². The number of ether oxygens (including phenoxy) is 1. The van der Waals surface area contributed by atoms with Gasteiger partial charge in [-0.1, -0.05) is 11.6 Å². The van der Waals surface area contributed by atoms with Crippen LogP contribution in [0.25, 0.3) is 11.8 Å². The highest BCUT2D eigenvalue weighted by molar-refractivity contribution is 6.30. The summed E-state index contributed by atoms with van der Waals surface area (Å²) in [7, 11) is 1.57. The lowest BCUT2D eigenvalue weighted by Crippen LogP contribution is -2.13. The van der Waals surface area contributed by atoms with Crippen LogP contribution in [0.15, 0.2) is 60.2 Å². The van der Waals surface area contributed by atoms with Gasteiger partial charge in [-0.3, -0.25) is 4.79 Å². The van der Waals surface area contributed by atoms with E-state index in [-0.39, 0.29) is 5.57 Å². The lowest BCUT2D eigenvalue weighted by Gasteiger charge is -2.09. The average Bonchev–Trinajstić information content (AvgIpc) is 3.00. The number of amides is 1. The highest BCUT2D eigenvalue weighted by Gasteiger charge is 2.14. The fourth-order valence-electron chi connectivity index (χ4n) is 3.10. The van der Waals surface area contributed by atoms with Gasteiger partial charge in [0.25, 0.3) is 5.91 Å². The van der Waals surface area contributed by atoms with Gasteiger partial charge in [-0.05, 0) is 80.1 Å². The molecule has 3 rings (SSSR count). The number of hydrogen-bond acceptors (Lipinski definition) is 3. The Morgan fingerprint density at radius 1 is 1.14 bits per heavy atom. The maximum absolute atomic E-state index is 12.6. The lowest BCUT2D eigenvalue weighted by atomic mass is 10.1. The first-order valence-electron chi connectivity index (χ1n) is 8.95. The number of nitriles is 1. The smallest absolute Gasteiger partial charge is 0.266 e. The third kappa shape index (κ3) is 4.50. The molecule has 0 saturated carbocycles. The molecule has 0 fully saturated rings. The maximum atomic E-state index is 12.6. The number of hydrogen-bond donors (Lipinski definition) is 1. The molecule has 1 heterocycles. The molecular formula is C23H20ClN3O2. The summed E-state index contributed by atoms with van der Waals surface area (Å²) in [6.07, 6.45) is 1.60. The lowest BCUT2D eigenvalue weighted by molar-refractivity contribution is -0.112. The standard InChI is InChI=1S/C23H20ClN3O2/c1-15-12-17(16(2)27(15)21-8-4-19(24)5-9-21)13-18(14-25)23(28)26-20-6-10-22(29-3)11-7-20/h4-13H,1-3H3,(H,26,28)/b18-13+. The van der Waals surface area contributed by atoms with Crippen molar-refractivity contribution in [2.45, 2.75) is 13.8 Å². The zero-order valence-electron chi connectivity index (χ0n) is 16.4. The summed E-state index contributed by atoms with van der Waals surface area (Å²) in [5.41, 5.74) is 4.30. The Bertz CT molecular complexity index is 1100. The van der Waals surface area contributed by atoms with Crippen LogP contribution >= 0.6 is 11.6 Å². The van der Waals surface area contributed by atoms with Crippen LogP contribution in [0.5, 0.6) is 5.75 Å². The van der Waals surface area contributed by atoms with E-state index in [1.807, 2.05) is 50.2 Å². The molecule has 3 aromatic rings. The zero-order chi connectivity index (χ0) is 21.0. The molecule has 1 aromatic heterocycles. The average molecular weight is 406 g/mol. The SMILES string of the molecule is COc1ccc(NC(=O)/C(C#N)=C/c2cc(C)n(-c3ccc(Cl)cc3)c2C)cc1. The number of aryl methyl sites for hydroxylation is 1. The van der Waals surface area contributed by atoms with Crippen molar-refractivity contribution in [3.8, 4) is 17.5 Å². The minimum Gasteiger partial charge on any atom is -0.497 e. The van der Waals surface area contributed by atoms with Gasteiger partial charge in [0, 0.05) is 27.8 Å². The van der Waals surface area contributed by atoms with Crippen molar-refractivity contribution in [2.75, 3.05) is 12.4 Å². The number of methoxy groups -OCH3 is 1. The van der Waals surface area contributed by atoms with E-state index in [0.717, 1.165) is 22.6 Å². The summed E-state index contributed by atoms with van der Waals surface area (Å²) < 4.78 is 7.16. The Hall–Kier alpha value is -3.49. The van der Waals surface area contributed by atoms with Crippen molar-refractivity contribution in [3.63, 3.8) is 0 Å². The largest absolute Gasteiger partial charge is 0.497 e. The number of aromatic nitrogens is 1. The normalized spacial score (nSPS) is 11.1. The van der Waals surface area contributed by atoms with Crippen LogP contribution in [0.4, 0.5) is 5.69 Å². The molecule has 6 heteroatoms. The number of nitrogens with one attached hydrogen (secondary N) is 1. The summed E-state index contributed by atoms with van der Waals surface area (Å²) in [6, 6.07) is 18.4. The second-order valence-electron chi connectivity index (χ2n) is 6.49. The van der Waals surface area contributed by atoms with Crippen molar-refractivity contribution in [1.29, 1.82) is 5.26 Å². The van der Waals surface area contributed by atoms with E-state index in [1.54, 1.807) is 37.5 Å². The van der Waals surface area contributed by atoms with Crippen LogP contribution in [0, 0.1) is 25.2 Å². The van der Waals surface area contributed by atoms with Crippen molar-refractivity contribution < 1.29 is 9.53 Å². The molecular weight excluding hydrogens is 386 g/mol. The predicted molar refractivity (Wildman–Crippen MR) is 115 cm³/mol. The van der Waals surface area contributed by atoms with Crippen molar-refractivity contribution >= 4 is 29.3 Å². The van der Waals surface area contributed by atoms with E-state index < -0.39 is 5.91 Å². The fraction of sp³-hybridized carbons (Fsp3) is 0.130. The van der Waals surface area contributed by atoms with Crippen LogP contribution in [0.2, 0.25) is 5.02 Å². The van der Waals surface area contributed by atoms with Crippen LogP contribution in [0.1, 0.15) is 17.0 Å². The third-order valence-corrected chi connectivity index (χ3v) is 4.82. The van der Waals surface area contributed by atoms with Gasteiger partial charge in [0.1, 0.15) is 17.4 Å². The van der Waals surface area contributed by atoms with Crippen molar-refractivity contribution in [3.05, 3.63) is 82.1 Å². The number of benzene rings is 2. The Kier molecular flexibility index (Phi) is 6.06. The van der Waals surface area contributed by atoms with Gasteiger partial charge in [0.15, 0.2) is 0 Å². The Balaban J connectivity index is 1.88. The Morgan fingerprint density at radius 2 is 1.79 bits per heavy atom. The monoisotopic (exact) mass is 405 g/mol. The predicted octanol–water partition coefficient (Wildman–Crippen LogP) is 5.30. The molecule has 0 radical (unpaired) electrons. The van der Waals surface area contributed by atoms with Gasteiger partial charge in [-0.25, -0.2) is 0 Å². The molecule has 2 aromatic carbocycles. The molecule has 0 unspecified atom stereocenters. The second kappa shape index (κ2) is 8.68. The van der Waals surface area contributed by atoms with E-state index in [9.17, 15) is 10.1 Å². The van der Waals surface area contributed by atoms with Gasteiger partial charge in [-0.2, -0.15) is 5.26 Å². The number of nitrogens with zero attached hydrogens (tertiary/aromatic N) is 2. The summed E-state index contributed by atoms with van der Waals surface area (Å²) in [5.74, 6) is 0.225. The van der Waals surface area contributed by atoms with Gasteiger partial charge in [0.05, 0.1) is 7.11 Å². The molecule has 0 spiro atoms. The highest BCUT2D eigenvalue weighted by Crippen LogP contribution is 2.24. The Morgan fingerprint density at radius 3 is 2.38 bits per heavy atom. The number of anilines is 1. The van der Waals surface area contributed by atoms with Crippen LogP contribution < -0.4 is 10.1 Å². The molecule has 0 atom stereocenters. The van der Waals surface area contributed by atoms with Gasteiger partial charge < -0.3 is 14.6 Å². The number of rotatable bonds is 5. The first-order chi connectivity index (χ1) is 13.9. The number of carbonyl (C=O) groups excluding carboxylic acids is 1. The minimum atomic E-state index is -0.464. The van der Waals surface area contributed by atoms with Crippen LogP contribution in [-0.4, -0.2) is 17.6 Å². The summed E-state index contributed by atoms with van der Waals surface area (Å²) >= 11 is 5.98. The second-order valence-corrected chi connectivity index (χ2v) is 6.93. The van der Waals surface area contributed by atoms with E-state index in [0.29, 0.717) is 16.5 Å². The summed E-state index contributed by atoms with van der Waals surface area (Å²) in [5, 5.41) is 12.9. The number of halogens is 1. The van der Waals surface area contributed by atoms with E-state index >= 15 is 0 Å². The highest BCUT2D eigenvalue weighted by atomic mass is 35.5. The fourth-order valence-corrected chi connectivity index (χ4v) is 3.22. The quantitative estimate of drug-likeness (QED) is 0.462. The molecule has 5 nitrogen and oxygen atoms in total. The maximum Gasteiger partial charge on any atom is 0.266 e. The molecule has 0 aliphatic rings.